The van der Waals surface area contributed by atoms with Crippen LogP contribution in [-0.4, -0.2) is 23.7 Å². The molecule has 0 atom stereocenters. The largest absolute Gasteiger partial charge is 0.478 e. The molecule has 102 valence electrons. The van der Waals surface area contributed by atoms with Crippen LogP contribution in [0, 0.1) is 11.2 Å². The molecule has 1 aromatic carbocycles. The Bertz CT molecular complexity index is 527. The Morgan fingerprint density at radius 2 is 2.11 bits per heavy atom. The van der Waals surface area contributed by atoms with E-state index in [0.29, 0.717) is 6.54 Å². The number of carbonyl (C=O) groups is 2. The standard InChI is InChI=1S/C13H15FN2O3/c1-13(5-6-13)7-15-12(19)16-9-4-2-3-8(14)10(9)11(17)18/h2-4H,5-7H2,1H3,(H,17,18)(H2,15,16,19). The van der Waals surface area contributed by atoms with Gasteiger partial charge in [0.15, 0.2) is 0 Å². The molecule has 1 aromatic rings. The van der Waals surface area contributed by atoms with Crippen molar-refractivity contribution in [3.8, 4) is 0 Å². The molecule has 1 aliphatic rings. The molecule has 2 amide bonds. The number of hydrogen-bond acceptors (Lipinski definition) is 2. The van der Waals surface area contributed by atoms with Gasteiger partial charge in [-0.15, -0.1) is 0 Å². The Morgan fingerprint density at radius 1 is 1.42 bits per heavy atom. The first kappa shape index (κ1) is 13.3. The van der Waals surface area contributed by atoms with E-state index < -0.39 is 23.4 Å². The van der Waals surface area contributed by atoms with Crippen LogP contribution >= 0.6 is 0 Å². The normalized spacial score (nSPS) is 15.7. The molecule has 6 heteroatoms. The van der Waals surface area contributed by atoms with E-state index in [1.807, 2.05) is 0 Å². The lowest BCUT2D eigenvalue weighted by Gasteiger charge is -2.12. The van der Waals surface area contributed by atoms with Crippen LogP contribution < -0.4 is 10.6 Å². The van der Waals surface area contributed by atoms with Gasteiger partial charge in [-0.3, -0.25) is 0 Å². The Kier molecular flexibility index (Phi) is 3.42. The molecule has 0 heterocycles. The Balaban J connectivity index is 2.04. The first-order chi connectivity index (χ1) is 8.91. The fraction of sp³-hybridized carbons (Fsp3) is 0.385. The molecular formula is C13H15FN2O3. The summed E-state index contributed by atoms with van der Waals surface area (Å²) in [6, 6.07) is 3.21. The third kappa shape index (κ3) is 3.21. The van der Waals surface area contributed by atoms with Crippen molar-refractivity contribution in [2.75, 3.05) is 11.9 Å². The maximum Gasteiger partial charge on any atom is 0.340 e. The summed E-state index contributed by atoms with van der Waals surface area (Å²) in [6.45, 7) is 2.58. The molecule has 0 bridgehead atoms. The summed E-state index contributed by atoms with van der Waals surface area (Å²) in [4.78, 5) is 22.6. The van der Waals surface area contributed by atoms with Crippen LogP contribution in [0.5, 0.6) is 0 Å². The molecule has 1 aliphatic carbocycles. The van der Waals surface area contributed by atoms with E-state index in [4.69, 9.17) is 5.11 Å². The lowest BCUT2D eigenvalue weighted by atomic mass is 10.1. The minimum atomic E-state index is -1.41. The number of anilines is 1. The second kappa shape index (κ2) is 4.87. The minimum absolute atomic E-state index is 0.0500. The van der Waals surface area contributed by atoms with Crippen LogP contribution in [0.15, 0.2) is 18.2 Å². The predicted molar refractivity (Wildman–Crippen MR) is 67.7 cm³/mol. The Morgan fingerprint density at radius 3 is 2.68 bits per heavy atom. The fourth-order valence-corrected chi connectivity index (χ4v) is 1.70. The molecule has 0 spiro atoms. The van der Waals surface area contributed by atoms with E-state index in [1.165, 1.54) is 12.1 Å². The van der Waals surface area contributed by atoms with Gasteiger partial charge >= 0.3 is 12.0 Å². The van der Waals surface area contributed by atoms with Crippen molar-refractivity contribution in [3.05, 3.63) is 29.6 Å². The highest BCUT2D eigenvalue weighted by molar-refractivity contribution is 6.00. The molecule has 0 aromatic heterocycles. The summed E-state index contributed by atoms with van der Waals surface area (Å²) >= 11 is 0. The van der Waals surface area contributed by atoms with E-state index in [9.17, 15) is 14.0 Å². The highest BCUT2D eigenvalue weighted by Gasteiger charge is 2.37. The number of carboxylic acids is 1. The highest BCUT2D eigenvalue weighted by atomic mass is 19.1. The van der Waals surface area contributed by atoms with Crippen molar-refractivity contribution >= 4 is 17.7 Å². The lowest BCUT2D eigenvalue weighted by Crippen LogP contribution is -2.33. The van der Waals surface area contributed by atoms with Gasteiger partial charge in [0.1, 0.15) is 11.4 Å². The van der Waals surface area contributed by atoms with Crippen molar-refractivity contribution in [1.29, 1.82) is 0 Å². The molecule has 19 heavy (non-hydrogen) atoms. The van der Waals surface area contributed by atoms with E-state index in [1.54, 1.807) is 0 Å². The van der Waals surface area contributed by atoms with Crippen LogP contribution in [0.25, 0.3) is 0 Å². The van der Waals surface area contributed by atoms with Gasteiger partial charge in [-0.1, -0.05) is 13.0 Å². The van der Waals surface area contributed by atoms with Crippen LogP contribution in [0.2, 0.25) is 0 Å². The Labute approximate surface area is 109 Å². The first-order valence-corrected chi connectivity index (χ1v) is 5.98. The number of hydrogen-bond donors (Lipinski definition) is 3. The summed E-state index contributed by atoms with van der Waals surface area (Å²) in [6.07, 6.45) is 2.13. The summed E-state index contributed by atoms with van der Waals surface area (Å²) in [5.41, 5.74) is -0.434. The van der Waals surface area contributed by atoms with Gasteiger partial charge in [0.05, 0.1) is 5.69 Å². The second-order valence-corrected chi connectivity index (χ2v) is 5.09. The van der Waals surface area contributed by atoms with Gasteiger partial charge in [0.25, 0.3) is 0 Å². The molecular weight excluding hydrogens is 251 g/mol. The number of carboxylic acid groups (broad SMARTS) is 1. The van der Waals surface area contributed by atoms with Crippen molar-refractivity contribution < 1.29 is 19.1 Å². The van der Waals surface area contributed by atoms with Crippen LogP contribution in [-0.2, 0) is 0 Å². The lowest BCUT2D eigenvalue weighted by molar-refractivity contribution is 0.0693. The van der Waals surface area contributed by atoms with Crippen molar-refractivity contribution in [2.45, 2.75) is 19.8 Å². The third-order valence-corrected chi connectivity index (χ3v) is 3.25. The van der Waals surface area contributed by atoms with Crippen LogP contribution in [0.1, 0.15) is 30.1 Å². The molecule has 1 fully saturated rings. The van der Waals surface area contributed by atoms with Crippen molar-refractivity contribution in [3.63, 3.8) is 0 Å². The quantitative estimate of drug-likeness (QED) is 0.783. The number of rotatable bonds is 4. The van der Waals surface area contributed by atoms with Crippen LogP contribution in [0.3, 0.4) is 0 Å². The molecule has 0 radical (unpaired) electrons. The predicted octanol–water partition coefficient (Wildman–Crippen LogP) is 2.45. The molecule has 0 saturated heterocycles. The van der Waals surface area contributed by atoms with Gasteiger partial charge in [-0.2, -0.15) is 0 Å². The van der Waals surface area contributed by atoms with Gasteiger partial charge in [-0.25, -0.2) is 14.0 Å². The number of benzene rings is 1. The fourth-order valence-electron chi connectivity index (χ4n) is 1.70. The molecule has 3 N–H and O–H groups in total. The molecule has 2 rings (SSSR count). The first-order valence-electron chi connectivity index (χ1n) is 5.98. The number of urea groups is 1. The number of amides is 2. The summed E-state index contributed by atoms with van der Waals surface area (Å²) in [7, 11) is 0. The summed E-state index contributed by atoms with van der Waals surface area (Å²) < 4.78 is 13.4. The molecule has 1 saturated carbocycles. The molecule has 0 unspecified atom stereocenters. The van der Waals surface area contributed by atoms with Gasteiger partial charge < -0.3 is 15.7 Å². The SMILES string of the molecule is CC1(CNC(=O)Nc2cccc(F)c2C(=O)O)CC1. The smallest absolute Gasteiger partial charge is 0.340 e. The second-order valence-electron chi connectivity index (χ2n) is 5.09. The number of nitrogens with one attached hydrogen (secondary N) is 2. The number of carbonyl (C=O) groups excluding carboxylic acids is 1. The van der Waals surface area contributed by atoms with E-state index >= 15 is 0 Å². The zero-order chi connectivity index (χ0) is 14.0. The monoisotopic (exact) mass is 266 g/mol. The van der Waals surface area contributed by atoms with Crippen molar-refractivity contribution in [1.82, 2.24) is 5.32 Å². The zero-order valence-corrected chi connectivity index (χ0v) is 10.5. The van der Waals surface area contributed by atoms with E-state index in [-0.39, 0.29) is 11.1 Å². The van der Waals surface area contributed by atoms with Gasteiger partial charge in [-0.05, 0) is 30.4 Å². The highest BCUT2D eigenvalue weighted by Crippen LogP contribution is 2.44. The van der Waals surface area contributed by atoms with E-state index in [2.05, 4.69) is 17.6 Å². The summed E-state index contributed by atoms with van der Waals surface area (Å²) in [5, 5.41) is 13.9. The molecule has 0 aliphatic heterocycles. The van der Waals surface area contributed by atoms with Gasteiger partial charge in [0.2, 0.25) is 0 Å². The minimum Gasteiger partial charge on any atom is -0.478 e. The average Bonchev–Trinajstić information content (AvgIpc) is 3.05. The van der Waals surface area contributed by atoms with Crippen molar-refractivity contribution in [2.24, 2.45) is 5.41 Å². The zero-order valence-electron chi connectivity index (χ0n) is 10.5. The van der Waals surface area contributed by atoms with Gasteiger partial charge in [0, 0.05) is 6.54 Å². The topological polar surface area (TPSA) is 78.4 Å². The molecule has 5 nitrogen and oxygen atoms in total. The van der Waals surface area contributed by atoms with Crippen LogP contribution in [0.4, 0.5) is 14.9 Å². The number of halogens is 1. The van der Waals surface area contributed by atoms with E-state index in [0.717, 1.165) is 18.9 Å². The maximum atomic E-state index is 13.4. The third-order valence-electron chi connectivity index (χ3n) is 3.25. The maximum absolute atomic E-state index is 13.4. The summed E-state index contributed by atoms with van der Waals surface area (Å²) in [5.74, 6) is -2.29. The number of aromatic carboxylic acids is 1. The Hall–Kier alpha value is -2.11. The average molecular weight is 266 g/mol.